The van der Waals surface area contributed by atoms with E-state index in [4.69, 9.17) is 9.15 Å². The summed E-state index contributed by atoms with van der Waals surface area (Å²) in [5, 5.41) is 3.30. The number of nitrogens with zero attached hydrogens (tertiary/aromatic N) is 3. The molecule has 1 aromatic carbocycles. The summed E-state index contributed by atoms with van der Waals surface area (Å²) < 4.78 is 11.5. The molecular formula is C25H26N4O2S. The molecule has 1 N–H and O–H groups in total. The Morgan fingerprint density at radius 1 is 0.969 bits per heavy atom. The SMILES string of the molecule is Cc1ccc(Cc2cnc(NCCSCc3ccco3)nc2OCc2ccccc2)cn1. The summed E-state index contributed by atoms with van der Waals surface area (Å²) in [5.74, 6) is 3.91. The van der Waals surface area contributed by atoms with E-state index in [1.807, 2.05) is 67.8 Å². The second-order valence-electron chi connectivity index (χ2n) is 7.34. The number of benzene rings is 1. The minimum atomic E-state index is 0.454. The first-order chi connectivity index (χ1) is 15.8. The van der Waals surface area contributed by atoms with Crippen LogP contribution in [0.1, 0.15) is 28.1 Å². The monoisotopic (exact) mass is 446 g/mol. The molecule has 6 nitrogen and oxygen atoms in total. The quantitative estimate of drug-likeness (QED) is 0.314. The molecule has 0 amide bonds. The predicted octanol–water partition coefficient (Wildman–Crippen LogP) is 5.29. The van der Waals surface area contributed by atoms with Crippen LogP contribution in [0.4, 0.5) is 5.95 Å². The zero-order valence-electron chi connectivity index (χ0n) is 18.0. The Bertz CT molecular complexity index is 1090. The molecule has 0 saturated heterocycles. The van der Waals surface area contributed by atoms with E-state index in [-0.39, 0.29) is 0 Å². The highest BCUT2D eigenvalue weighted by Crippen LogP contribution is 2.22. The van der Waals surface area contributed by atoms with E-state index in [1.54, 1.807) is 18.0 Å². The summed E-state index contributed by atoms with van der Waals surface area (Å²) in [7, 11) is 0. The number of furan rings is 1. The number of hydrogen-bond donors (Lipinski definition) is 1. The van der Waals surface area contributed by atoms with Crippen molar-refractivity contribution in [3.8, 4) is 5.88 Å². The van der Waals surface area contributed by atoms with Crippen LogP contribution >= 0.6 is 11.8 Å². The second-order valence-corrected chi connectivity index (χ2v) is 8.45. The summed E-state index contributed by atoms with van der Waals surface area (Å²) >= 11 is 1.80. The van der Waals surface area contributed by atoms with Crippen LogP contribution in [-0.4, -0.2) is 27.2 Å². The number of thioether (sulfide) groups is 1. The Morgan fingerprint density at radius 3 is 2.66 bits per heavy atom. The van der Waals surface area contributed by atoms with E-state index in [0.29, 0.717) is 24.9 Å². The van der Waals surface area contributed by atoms with Crippen molar-refractivity contribution in [3.05, 3.63) is 101 Å². The van der Waals surface area contributed by atoms with Gasteiger partial charge in [-0.15, -0.1) is 0 Å². The van der Waals surface area contributed by atoms with Gasteiger partial charge in [0.25, 0.3) is 0 Å². The van der Waals surface area contributed by atoms with Crippen LogP contribution in [0, 0.1) is 6.92 Å². The molecule has 0 atom stereocenters. The van der Waals surface area contributed by atoms with Crippen molar-refractivity contribution >= 4 is 17.7 Å². The fourth-order valence-corrected chi connectivity index (χ4v) is 3.83. The van der Waals surface area contributed by atoms with Gasteiger partial charge in [0.15, 0.2) is 0 Å². The first-order valence-electron chi connectivity index (χ1n) is 10.5. The largest absolute Gasteiger partial charge is 0.472 e. The second kappa shape index (κ2) is 11.3. The molecule has 0 fully saturated rings. The third-order valence-corrected chi connectivity index (χ3v) is 5.75. The van der Waals surface area contributed by atoms with Crippen LogP contribution in [0.2, 0.25) is 0 Å². The van der Waals surface area contributed by atoms with E-state index < -0.39 is 0 Å². The normalized spacial score (nSPS) is 10.8. The molecule has 3 aromatic heterocycles. The molecule has 7 heteroatoms. The smallest absolute Gasteiger partial charge is 0.225 e. The highest BCUT2D eigenvalue weighted by molar-refractivity contribution is 7.98. The number of pyridine rings is 1. The van der Waals surface area contributed by atoms with E-state index in [2.05, 4.69) is 26.3 Å². The fraction of sp³-hybridized carbons (Fsp3) is 0.240. The van der Waals surface area contributed by atoms with Crippen LogP contribution in [0.15, 0.2) is 77.7 Å². The molecule has 0 aliphatic carbocycles. The van der Waals surface area contributed by atoms with Gasteiger partial charge in [0, 0.05) is 42.4 Å². The van der Waals surface area contributed by atoms with Crippen LogP contribution in [0.3, 0.4) is 0 Å². The lowest BCUT2D eigenvalue weighted by atomic mass is 10.1. The van der Waals surface area contributed by atoms with Crippen molar-refractivity contribution in [3.63, 3.8) is 0 Å². The average Bonchev–Trinajstić information content (AvgIpc) is 3.34. The summed E-state index contributed by atoms with van der Waals surface area (Å²) in [5.41, 5.74) is 4.12. The molecule has 4 rings (SSSR count). The van der Waals surface area contributed by atoms with E-state index in [1.165, 1.54) is 0 Å². The lowest BCUT2D eigenvalue weighted by Gasteiger charge is -2.13. The Balaban J connectivity index is 1.39. The number of rotatable bonds is 11. The standard InChI is InChI=1S/C25H26N4O2S/c1-19-9-10-21(15-27-19)14-22-16-28-25(26-11-13-32-18-23-8-5-12-30-23)29-24(22)31-17-20-6-3-2-4-7-20/h2-10,12,15-16H,11,13-14,17-18H2,1H3,(H,26,28,29). The number of anilines is 1. The maximum Gasteiger partial charge on any atom is 0.225 e. The van der Waals surface area contributed by atoms with Gasteiger partial charge in [0.1, 0.15) is 12.4 Å². The molecule has 0 spiro atoms. The predicted molar refractivity (Wildman–Crippen MR) is 128 cm³/mol. The van der Waals surface area contributed by atoms with Gasteiger partial charge in [0.05, 0.1) is 12.0 Å². The van der Waals surface area contributed by atoms with Crippen molar-refractivity contribution in [1.82, 2.24) is 15.0 Å². The van der Waals surface area contributed by atoms with Gasteiger partial charge in [-0.05, 0) is 36.2 Å². The molecule has 0 unspecified atom stereocenters. The topological polar surface area (TPSA) is 73.1 Å². The van der Waals surface area contributed by atoms with Gasteiger partial charge in [-0.3, -0.25) is 4.98 Å². The fourth-order valence-electron chi connectivity index (χ4n) is 3.07. The van der Waals surface area contributed by atoms with Gasteiger partial charge >= 0.3 is 0 Å². The molecule has 32 heavy (non-hydrogen) atoms. The van der Waals surface area contributed by atoms with Crippen molar-refractivity contribution < 1.29 is 9.15 Å². The Labute approximate surface area is 192 Å². The van der Waals surface area contributed by atoms with Gasteiger partial charge in [-0.1, -0.05) is 36.4 Å². The van der Waals surface area contributed by atoms with Crippen LogP contribution < -0.4 is 10.1 Å². The van der Waals surface area contributed by atoms with Crippen molar-refractivity contribution in [1.29, 1.82) is 0 Å². The molecule has 0 radical (unpaired) electrons. The molecule has 3 heterocycles. The van der Waals surface area contributed by atoms with E-state index in [0.717, 1.165) is 46.2 Å². The lowest BCUT2D eigenvalue weighted by molar-refractivity contribution is 0.290. The summed E-state index contributed by atoms with van der Waals surface area (Å²) in [6.45, 7) is 3.19. The van der Waals surface area contributed by atoms with Gasteiger partial charge < -0.3 is 14.5 Å². The van der Waals surface area contributed by atoms with Crippen molar-refractivity contribution in [2.45, 2.75) is 25.7 Å². The Hall–Kier alpha value is -3.32. The average molecular weight is 447 g/mol. The highest BCUT2D eigenvalue weighted by Gasteiger charge is 2.11. The van der Waals surface area contributed by atoms with E-state index >= 15 is 0 Å². The molecule has 4 aromatic rings. The molecule has 0 aliphatic rings. The summed E-state index contributed by atoms with van der Waals surface area (Å²) in [6.07, 6.45) is 6.09. The first-order valence-corrected chi connectivity index (χ1v) is 11.7. The van der Waals surface area contributed by atoms with Gasteiger partial charge in [-0.2, -0.15) is 16.7 Å². The third kappa shape index (κ3) is 6.59. The van der Waals surface area contributed by atoms with Crippen LogP contribution in [-0.2, 0) is 18.8 Å². The number of aromatic nitrogens is 3. The number of nitrogens with one attached hydrogen (secondary N) is 1. The van der Waals surface area contributed by atoms with Gasteiger partial charge in [-0.25, -0.2) is 4.98 Å². The highest BCUT2D eigenvalue weighted by atomic mass is 32.2. The minimum absolute atomic E-state index is 0.454. The molecule has 0 aliphatic heterocycles. The summed E-state index contributed by atoms with van der Waals surface area (Å²) in [6, 6.07) is 18.1. The number of aryl methyl sites for hydroxylation is 1. The molecule has 164 valence electrons. The van der Waals surface area contributed by atoms with E-state index in [9.17, 15) is 0 Å². The molecule has 0 saturated carbocycles. The molecule has 0 bridgehead atoms. The first kappa shape index (κ1) is 21.9. The number of ether oxygens (including phenoxy) is 1. The zero-order chi connectivity index (χ0) is 22.0. The zero-order valence-corrected chi connectivity index (χ0v) is 18.8. The Kier molecular flexibility index (Phi) is 7.76. The Morgan fingerprint density at radius 2 is 1.88 bits per heavy atom. The van der Waals surface area contributed by atoms with Crippen LogP contribution in [0.5, 0.6) is 5.88 Å². The maximum absolute atomic E-state index is 6.11. The van der Waals surface area contributed by atoms with Crippen molar-refractivity contribution in [2.24, 2.45) is 0 Å². The minimum Gasteiger partial charge on any atom is -0.472 e. The van der Waals surface area contributed by atoms with Crippen molar-refractivity contribution in [2.75, 3.05) is 17.6 Å². The third-order valence-electron chi connectivity index (χ3n) is 4.76. The maximum atomic E-state index is 6.11. The number of hydrogen-bond acceptors (Lipinski definition) is 7. The summed E-state index contributed by atoms with van der Waals surface area (Å²) in [4.78, 5) is 13.6. The lowest BCUT2D eigenvalue weighted by Crippen LogP contribution is -2.10. The van der Waals surface area contributed by atoms with Gasteiger partial charge in [0.2, 0.25) is 11.8 Å². The van der Waals surface area contributed by atoms with Crippen LogP contribution in [0.25, 0.3) is 0 Å². The molecular weight excluding hydrogens is 420 g/mol.